The van der Waals surface area contributed by atoms with Crippen molar-refractivity contribution < 1.29 is 13.9 Å². The molecule has 148 valence electrons. The SMILES string of the molecule is O=C(c1cc2c(s1)OCCC2)N1C[C@@H]2CC[C@@H](Nc3ccc(Br)nn3)[C@]2(F)C1. The van der Waals surface area contributed by atoms with E-state index in [9.17, 15) is 4.79 Å². The zero-order valence-electron chi connectivity index (χ0n) is 15.2. The minimum atomic E-state index is -1.45. The number of thiophene rings is 1. The van der Waals surface area contributed by atoms with E-state index < -0.39 is 5.67 Å². The highest BCUT2D eigenvalue weighted by Crippen LogP contribution is 2.46. The summed E-state index contributed by atoms with van der Waals surface area (Å²) in [5, 5.41) is 12.0. The molecule has 0 spiro atoms. The van der Waals surface area contributed by atoms with Crippen LogP contribution >= 0.6 is 27.3 Å². The average Bonchev–Trinajstić information content (AvgIpc) is 3.35. The number of nitrogens with zero attached hydrogens (tertiary/aromatic N) is 3. The first-order chi connectivity index (χ1) is 13.5. The monoisotopic (exact) mass is 466 g/mol. The number of likely N-dealkylation sites (tertiary alicyclic amines) is 1. The first-order valence-electron chi connectivity index (χ1n) is 9.52. The normalized spacial score (nSPS) is 28.6. The first-order valence-corrected chi connectivity index (χ1v) is 11.1. The van der Waals surface area contributed by atoms with E-state index in [1.165, 1.54) is 11.3 Å². The van der Waals surface area contributed by atoms with Crippen LogP contribution in [0.5, 0.6) is 5.06 Å². The van der Waals surface area contributed by atoms with Crippen molar-refractivity contribution in [3.05, 3.63) is 33.2 Å². The molecule has 1 saturated heterocycles. The Morgan fingerprint density at radius 2 is 2.29 bits per heavy atom. The number of hydrogen-bond donors (Lipinski definition) is 1. The van der Waals surface area contributed by atoms with Crippen LogP contribution in [0.3, 0.4) is 0 Å². The number of fused-ring (bicyclic) bond motifs is 2. The van der Waals surface area contributed by atoms with Gasteiger partial charge in [0.05, 0.1) is 24.1 Å². The predicted molar refractivity (Wildman–Crippen MR) is 108 cm³/mol. The number of aryl methyl sites for hydroxylation is 1. The third kappa shape index (κ3) is 3.08. The molecule has 1 saturated carbocycles. The first kappa shape index (κ1) is 18.3. The molecular weight excluding hydrogens is 447 g/mol. The molecule has 2 aromatic heterocycles. The fraction of sp³-hybridized carbons (Fsp3) is 0.526. The maximum Gasteiger partial charge on any atom is 0.264 e. The summed E-state index contributed by atoms with van der Waals surface area (Å²) in [4.78, 5) is 15.3. The zero-order chi connectivity index (χ0) is 19.3. The van der Waals surface area contributed by atoms with Gasteiger partial charge in [-0.2, -0.15) is 0 Å². The number of alkyl halides is 1. The molecule has 3 aliphatic rings. The third-order valence-corrected chi connectivity index (χ3v) is 7.48. The van der Waals surface area contributed by atoms with Crippen molar-refractivity contribution in [2.45, 2.75) is 37.4 Å². The topological polar surface area (TPSA) is 67.3 Å². The summed E-state index contributed by atoms with van der Waals surface area (Å²) in [6.45, 7) is 1.28. The van der Waals surface area contributed by atoms with Gasteiger partial charge in [-0.1, -0.05) is 11.3 Å². The molecular formula is C19H20BrFN4O2S. The molecule has 4 heterocycles. The van der Waals surface area contributed by atoms with E-state index >= 15 is 4.39 Å². The Balaban J connectivity index is 1.31. The van der Waals surface area contributed by atoms with Crippen LogP contribution in [0, 0.1) is 5.92 Å². The molecule has 9 heteroatoms. The Morgan fingerprint density at radius 1 is 1.39 bits per heavy atom. The molecule has 1 amide bonds. The van der Waals surface area contributed by atoms with Crippen LogP contribution in [0.25, 0.3) is 0 Å². The highest BCUT2D eigenvalue weighted by atomic mass is 79.9. The molecule has 28 heavy (non-hydrogen) atoms. The Bertz CT molecular complexity index is 884. The number of carbonyl (C=O) groups is 1. The molecule has 0 radical (unpaired) electrons. The van der Waals surface area contributed by atoms with Crippen molar-refractivity contribution in [2.24, 2.45) is 5.92 Å². The average molecular weight is 467 g/mol. The second kappa shape index (κ2) is 6.95. The Kier molecular flexibility index (Phi) is 4.54. The van der Waals surface area contributed by atoms with Gasteiger partial charge in [-0.3, -0.25) is 4.79 Å². The van der Waals surface area contributed by atoms with Gasteiger partial charge in [0.2, 0.25) is 0 Å². The number of amides is 1. The molecule has 5 rings (SSSR count). The van der Waals surface area contributed by atoms with Gasteiger partial charge in [-0.05, 0) is 59.8 Å². The summed E-state index contributed by atoms with van der Waals surface area (Å²) >= 11 is 4.64. The number of ether oxygens (including phenoxy) is 1. The largest absolute Gasteiger partial charge is 0.484 e. The van der Waals surface area contributed by atoms with Crippen molar-refractivity contribution in [1.29, 1.82) is 0 Å². The lowest BCUT2D eigenvalue weighted by atomic mass is 9.94. The molecule has 3 atom stereocenters. The van der Waals surface area contributed by atoms with Gasteiger partial charge >= 0.3 is 0 Å². The standard InChI is InChI=1S/C19H20BrFN4O2S/c20-15-5-6-16(24-23-15)22-14-4-3-12-9-25(10-19(12,14)21)17(26)13-8-11-2-1-7-27-18(11)28-13/h5-6,8,12,14H,1-4,7,9-10H2,(H,22,24)/t12-,14+,19-/m0/s1. The number of aromatic nitrogens is 2. The number of halogens is 2. The van der Waals surface area contributed by atoms with Gasteiger partial charge in [-0.25, -0.2) is 4.39 Å². The molecule has 2 aliphatic heterocycles. The fourth-order valence-electron chi connectivity index (χ4n) is 4.55. The molecule has 1 aliphatic carbocycles. The van der Waals surface area contributed by atoms with E-state index in [0.717, 1.165) is 36.3 Å². The predicted octanol–water partition coefficient (Wildman–Crippen LogP) is 3.68. The second-order valence-electron chi connectivity index (χ2n) is 7.70. The van der Waals surface area contributed by atoms with Crippen molar-refractivity contribution in [3.8, 4) is 5.06 Å². The highest BCUT2D eigenvalue weighted by molar-refractivity contribution is 9.10. The summed E-state index contributed by atoms with van der Waals surface area (Å²) in [5.41, 5.74) is -0.347. The van der Waals surface area contributed by atoms with Crippen LogP contribution in [0.2, 0.25) is 0 Å². The fourth-order valence-corrected chi connectivity index (χ4v) is 5.82. The Hall–Kier alpha value is -1.74. The number of nitrogens with one attached hydrogen (secondary N) is 1. The van der Waals surface area contributed by atoms with Gasteiger partial charge in [0, 0.05) is 18.0 Å². The summed E-state index contributed by atoms with van der Waals surface area (Å²) in [7, 11) is 0. The van der Waals surface area contributed by atoms with Crippen LogP contribution in [-0.2, 0) is 6.42 Å². The van der Waals surface area contributed by atoms with E-state index in [1.807, 2.05) is 6.07 Å². The maximum absolute atomic E-state index is 15.9. The molecule has 6 nitrogen and oxygen atoms in total. The van der Waals surface area contributed by atoms with Gasteiger partial charge in [0.1, 0.15) is 10.4 Å². The van der Waals surface area contributed by atoms with E-state index in [1.54, 1.807) is 17.0 Å². The quantitative estimate of drug-likeness (QED) is 0.746. The third-order valence-electron chi connectivity index (χ3n) is 5.98. The molecule has 0 aromatic carbocycles. The van der Waals surface area contributed by atoms with Crippen molar-refractivity contribution in [2.75, 3.05) is 25.0 Å². The van der Waals surface area contributed by atoms with E-state index in [4.69, 9.17) is 4.74 Å². The van der Waals surface area contributed by atoms with Gasteiger partial charge in [-0.15, -0.1) is 10.2 Å². The zero-order valence-corrected chi connectivity index (χ0v) is 17.6. The number of hydrogen-bond acceptors (Lipinski definition) is 6. The molecule has 0 unspecified atom stereocenters. The van der Waals surface area contributed by atoms with E-state index in [-0.39, 0.29) is 24.4 Å². The van der Waals surface area contributed by atoms with E-state index in [0.29, 0.717) is 28.4 Å². The lowest BCUT2D eigenvalue weighted by Gasteiger charge is -2.28. The lowest BCUT2D eigenvalue weighted by molar-refractivity contribution is 0.0745. The number of carbonyl (C=O) groups excluding carboxylic acids is 1. The minimum absolute atomic E-state index is 0.0865. The van der Waals surface area contributed by atoms with Gasteiger partial charge in [0.25, 0.3) is 5.91 Å². The summed E-state index contributed by atoms with van der Waals surface area (Å²) in [5.74, 6) is 0.318. The van der Waals surface area contributed by atoms with E-state index in [2.05, 4.69) is 31.4 Å². The Morgan fingerprint density at radius 3 is 3.07 bits per heavy atom. The van der Waals surface area contributed by atoms with Crippen LogP contribution in [0.4, 0.5) is 10.2 Å². The van der Waals surface area contributed by atoms with Crippen LogP contribution < -0.4 is 10.1 Å². The highest BCUT2D eigenvalue weighted by Gasteiger charge is 2.57. The summed E-state index contributed by atoms with van der Waals surface area (Å²) < 4.78 is 22.2. The van der Waals surface area contributed by atoms with Crippen LogP contribution in [0.1, 0.15) is 34.5 Å². The maximum atomic E-state index is 15.9. The molecule has 2 aromatic rings. The molecule has 0 bridgehead atoms. The van der Waals surface area contributed by atoms with Crippen LogP contribution in [0.15, 0.2) is 22.8 Å². The van der Waals surface area contributed by atoms with Crippen molar-refractivity contribution >= 4 is 39.0 Å². The molecule has 2 fully saturated rings. The van der Waals surface area contributed by atoms with Gasteiger partial charge < -0.3 is 15.0 Å². The lowest BCUT2D eigenvalue weighted by Crippen LogP contribution is -2.45. The minimum Gasteiger partial charge on any atom is -0.484 e. The molecule has 1 N–H and O–H groups in total. The smallest absolute Gasteiger partial charge is 0.264 e. The van der Waals surface area contributed by atoms with Crippen LogP contribution in [-0.4, -0.2) is 52.4 Å². The number of rotatable bonds is 3. The Labute approximate surface area is 174 Å². The summed E-state index contributed by atoms with van der Waals surface area (Å²) in [6.07, 6.45) is 3.39. The van der Waals surface area contributed by atoms with Gasteiger partial charge in [0.15, 0.2) is 10.7 Å². The number of anilines is 1. The second-order valence-corrected chi connectivity index (χ2v) is 9.53. The summed E-state index contributed by atoms with van der Waals surface area (Å²) in [6, 6.07) is 5.11. The van der Waals surface area contributed by atoms with Crippen molar-refractivity contribution in [1.82, 2.24) is 15.1 Å². The van der Waals surface area contributed by atoms with Crippen molar-refractivity contribution in [3.63, 3.8) is 0 Å².